The van der Waals surface area contributed by atoms with Crippen molar-refractivity contribution in [2.75, 3.05) is 7.05 Å². The van der Waals surface area contributed by atoms with Gasteiger partial charge in [0.05, 0.1) is 28.3 Å². The molecule has 28 heavy (non-hydrogen) atoms. The Kier molecular flexibility index (Phi) is 6.42. The van der Waals surface area contributed by atoms with Gasteiger partial charge in [-0.2, -0.15) is 5.10 Å². The maximum Gasteiger partial charge on any atom is 0.264 e. The summed E-state index contributed by atoms with van der Waals surface area (Å²) in [6.07, 6.45) is 1.62. The van der Waals surface area contributed by atoms with Gasteiger partial charge in [-0.25, -0.2) is 0 Å². The van der Waals surface area contributed by atoms with Crippen LogP contribution in [0.1, 0.15) is 39.0 Å². The summed E-state index contributed by atoms with van der Waals surface area (Å²) in [5.74, 6) is 0.865. The zero-order valence-electron chi connectivity index (χ0n) is 16.5. The number of thiophene rings is 1. The molecule has 2 aromatic heterocycles. The second-order valence-electron chi connectivity index (χ2n) is 6.74. The zero-order chi connectivity index (χ0) is 20.3. The highest BCUT2D eigenvalue weighted by molar-refractivity contribution is 7.12. The van der Waals surface area contributed by atoms with Crippen LogP contribution in [0.25, 0.3) is 0 Å². The SMILES string of the molecule is CCn1ncc(Cl)c1CN(C)C(=O)c1cc(COc2c(C)cccc2C)cs1. The van der Waals surface area contributed by atoms with E-state index in [9.17, 15) is 4.79 Å². The van der Waals surface area contributed by atoms with E-state index in [-0.39, 0.29) is 5.91 Å². The van der Waals surface area contributed by atoms with Gasteiger partial charge in [-0.15, -0.1) is 11.3 Å². The van der Waals surface area contributed by atoms with Crippen LogP contribution in [0.15, 0.2) is 35.8 Å². The fourth-order valence-corrected chi connectivity index (χ4v) is 4.14. The van der Waals surface area contributed by atoms with Crippen LogP contribution < -0.4 is 4.74 Å². The lowest BCUT2D eigenvalue weighted by atomic mass is 10.1. The largest absolute Gasteiger partial charge is 0.488 e. The van der Waals surface area contributed by atoms with Crippen LogP contribution >= 0.6 is 22.9 Å². The molecule has 0 N–H and O–H groups in total. The third kappa shape index (κ3) is 4.39. The summed E-state index contributed by atoms with van der Waals surface area (Å²) in [5.41, 5.74) is 4.04. The predicted molar refractivity (Wildman–Crippen MR) is 113 cm³/mol. The molecule has 5 nitrogen and oxygen atoms in total. The van der Waals surface area contributed by atoms with Crippen LogP contribution in [0.5, 0.6) is 5.75 Å². The first-order valence-electron chi connectivity index (χ1n) is 9.12. The van der Waals surface area contributed by atoms with Crippen molar-refractivity contribution >= 4 is 28.8 Å². The molecule has 3 aromatic rings. The summed E-state index contributed by atoms with van der Waals surface area (Å²) in [5, 5.41) is 6.77. The number of hydrogen-bond donors (Lipinski definition) is 0. The van der Waals surface area contributed by atoms with Crippen molar-refractivity contribution in [3.63, 3.8) is 0 Å². The molecule has 1 aromatic carbocycles. The van der Waals surface area contributed by atoms with E-state index in [2.05, 4.69) is 5.10 Å². The van der Waals surface area contributed by atoms with E-state index < -0.39 is 0 Å². The van der Waals surface area contributed by atoms with E-state index >= 15 is 0 Å². The summed E-state index contributed by atoms with van der Waals surface area (Å²) in [7, 11) is 1.78. The maximum absolute atomic E-state index is 12.8. The minimum Gasteiger partial charge on any atom is -0.488 e. The van der Waals surface area contributed by atoms with Gasteiger partial charge < -0.3 is 9.64 Å². The van der Waals surface area contributed by atoms with Gasteiger partial charge in [0.2, 0.25) is 0 Å². The van der Waals surface area contributed by atoms with Crippen molar-refractivity contribution < 1.29 is 9.53 Å². The minimum atomic E-state index is -0.0387. The van der Waals surface area contributed by atoms with E-state index in [0.29, 0.717) is 29.6 Å². The molecule has 2 heterocycles. The predicted octanol–water partition coefficient (Wildman–Crippen LogP) is 5.09. The van der Waals surface area contributed by atoms with E-state index in [0.717, 1.165) is 28.1 Å². The number of nitrogens with zero attached hydrogens (tertiary/aromatic N) is 3. The summed E-state index contributed by atoms with van der Waals surface area (Å²) >= 11 is 7.64. The Morgan fingerprint density at radius 1 is 1.32 bits per heavy atom. The zero-order valence-corrected chi connectivity index (χ0v) is 18.1. The van der Waals surface area contributed by atoms with Crippen LogP contribution in [0.2, 0.25) is 5.02 Å². The number of amides is 1. The normalized spacial score (nSPS) is 10.9. The molecular formula is C21H24ClN3O2S. The van der Waals surface area contributed by atoms with Crippen LogP contribution in [0, 0.1) is 13.8 Å². The lowest BCUT2D eigenvalue weighted by Crippen LogP contribution is -2.27. The average molecular weight is 418 g/mol. The molecular weight excluding hydrogens is 394 g/mol. The summed E-state index contributed by atoms with van der Waals surface area (Å²) in [6, 6.07) is 7.99. The molecule has 0 fully saturated rings. The number of para-hydroxylation sites is 1. The van der Waals surface area contributed by atoms with E-state index in [4.69, 9.17) is 16.3 Å². The van der Waals surface area contributed by atoms with Crippen molar-refractivity contribution in [1.82, 2.24) is 14.7 Å². The third-order valence-electron chi connectivity index (χ3n) is 4.59. The second kappa shape index (κ2) is 8.80. The summed E-state index contributed by atoms with van der Waals surface area (Å²) in [6.45, 7) is 7.63. The molecule has 148 valence electrons. The van der Waals surface area contributed by atoms with Gasteiger partial charge in [-0.1, -0.05) is 29.8 Å². The highest BCUT2D eigenvalue weighted by Crippen LogP contribution is 2.25. The number of rotatable bonds is 7. The second-order valence-corrected chi connectivity index (χ2v) is 8.06. The highest BCUT2D eigenvalue weighted by Gasteiger charge is 2.18. The molecule has 1 amide bonds. The molecule has 0 bridgehead atoms. The number of ether oxygens (including phenoxy) is 1. The Morgan fingerprint density at radius 3 is 2.71 bits per heavy atom. The first kappa shape index (κ1) is 20.4. The number of carbonyl (C=O) groups excluding carboxylic acids is 1. The minimum absolute atomic E-state index is 0.0387. The number of benzene rings is 1. The monoisotopic (exact) mass is 417 g/mol. The van der Waals surface area contributed by atoms with Crippen molar-refractivity contribution in [2.24, 2.45) is 0 Å². The Hall–Kier alpha value is -2.31. The quantitative estimate of drug-likeness (QED) is 0.538. The van der Waals surface area contributed by atoms with Crippen LogP contribution in [0.3, 0.4) is 0 Å². The molecule has 0 atom stereocenters. The first-order valence-corrected chi connectivity index (χ1v) is 10.4. The van der Waals surface area contributed by atoms with Gasteiger partial charge in [-0.05, 0) is 43.3 Å². The van der Waals surface area contributed by atoms with Crippen molar-refractivity contribution in [3.05, 3.63) is 68.1 Å². The molecule has 0 aliphatic heterocycles. The van der Waals surface area contributed by atoms with Crippen molar-refractivity contribution in [1.29, 1.82) is 0 Å². The Labute approximate surface area is 174 Å². The standard InChI is InChI=1S/C21H24ClN3O2S/c1-5-25-18(17(22)10-23-25)11-24(4)21(26)19-9-16(13-28-19)12-27-20-14(2)7-6-8-15(20)3/h6-10,13H,5,11-12H2,1-4H3. The Morgan fingerprint density at radius 2 is 2.04 bits per heavy atom. The molecule has 0 radical (unpaired) electrons. The Balaban J connectivity index is 1.65. The van der Waals surface area contributed by atoms with Gasteiger partial charge in [0.15, 0.2) is 0 Å². The lowest BCUT2D eigenvalue weighted by molar-refractivity contribution is 0.0786. The van der Waals surface area contributed by atoms with Gasteiger partial charge in [0.1, 0.15) is 12.4 Å². The molecule has 0 saturated carbocycles. The fourth-order valence-electron chi connectivity index (χ4n) is 3.05. The molecule has 0 aliphatic rings. The van der Waals surface area contributed by atoms with Gasteiger partial charge >= 0.3 is 0 Å². The molecule has 3 rings (SSSR count). The van der Waals surface area contributed by atoms with Crippen LogP contribution in [0.4, 0.5) is 0 Å². The van der Waals surface area contributed by atoms with Crippen molar-refractivity contribution in [3.8, 4) is 5.75 Å². The molecule has 0 saturated heterocycles. The number of aromatic nitrogens is 2. The van der Waals surface area contributed by atoms with E-state index in [1.165, 1.54) is 11.3 Å². The smallest absolute Gasteiger partial charge is 0.264 e. The van der Waals surface area contributed by atoms with Crippen LogP contribution in [-0.4, -0.2) is 27.6 Å². The summed E-state index contributed by atoms with van der Waals surface area (Å²) in [4.78, 5) is 15.1. The number of carbonyl (C=O) groups is 1. The first-order chi connectivity index (χ1) is 13.4. The molecule has 0 unspecified atom stereocenters. The number of aryl methyl sites for hydroxylation is 3. The molecule has 0 aliphatic carbocycles. The topological polar surface area (TPSA) is 47.4 Å². The number of hydrogen-bond acceptors (Lipinski definition) is 4. The van der Waals surface area contributed by atoms with Crippen LogP contribution in [-0.2, 0) is 19.7 Å². The highest BCUT2D eigenvalue weighted by atomic mass is 35.5. The van der Waals surface area contributed by atoms with Gasteiger partial charge in [-0.3, -0.25) is 9.48 Å². The third-order valence-corrected chi connectivity index (χ3v) is 5.87. The molecule has 0 spiro atoms. The van der Waals surface area contributed by atoms with Gasteiger partial charge in [0.25, 0.3) is 5.91 Å². The van der Waals surface area contributed by atoms with E-state index in [1.54, 1.807) is 18.1 Å². The fraction of sp³-hybridized carbons (Fsp3) is 0.333. The Bertz CT molecular complexity index is 960. The average Bonchev–Trinajstić information content (AvgIpc) is 3.28. The maximum atomic E-state index is 12.8. The number of halogens is 1. The lowest BCUT2D eigenvalue weighted by Gasteiger charge is -2.17. The summed E-state index contributed by atoms with van der Waals surface area (Å²) < 4.78 is 7.80. The van der Waals surface area contributed by atoms with E-state index in [1.807, 2.05) is 55.1 Å². The van der Waals surface area contributed by atoms with Gasteiger partial charge in [0, 0.05) is 19.2 Å². The van der Waals surface area contributed by atoms with Crippen molar-refractivity contribution in [2.45, 2.75) is 40.5 Å². The molecule has 7 heteroatoms.